The number of anilines is 1. The van der Waals surface area contributed by atoms with Crippen LogP contribution in [0.4, 0.5) is 5.69 Å². The van der Waals surface area contributed by atoms with Crippen LogP contribution in [0.5, 0.6) is 5.75 Å². The Kier molecular flexibility index (Phi) is 7.35. The molecule has 0 bridgehead atoms. The molecule has 3 aromatic rings. The van der Waals surface area contributed by atoms with Gasteiger partial charge in [-0.3, -0.25) is 0 Å². The van der Waals surface area contributed by atoms with Crippen molar-refractivity contribution in [3.63, 3.8) is 0 Å². The summed E-state index contributed by atoms with van der Waals surface area (Å²) >= 11 is 25.2. The van der Waals surface area contributed by atoms with E-state index in [2.05, 4.69) is 37.2 Å². The number of halogens is 5. The van der Waals surface area contributed by atoms with E-state index in [4.69, 9.17) is 39.5 Å². The van der Waals surface area contributed by atoms with Crippen molar-refractivity contribution in [3.05, 3.63) is 89.7 Å². The fourth-order valence-corrected chi connectivity index (χ4v) is 4.47. The van der Waals surface area contributed by atoms with Crippen LogP contribution in [-0.4, -0.2) is 0 Å². The first-order valence-electron chi connectivity index (χ1n) is 7.96. The first kappa shape index (κ1) is 20.8. The molecule has 2 nitrogen and oxygen atoms in total. The van der Waals surface area contributed by atoms with Crippen molar-refractivity contribution in [2.75, 3.05) is 5.32 Å². The zero-order valence-electron chi connectivity index (χ0n) is 13.9. The molecule has 140 valence electrons. The van der Waals surface area contributed by atoms with E-state index in [1.54, 1.807) is 12.1 Å². The SMILES string of the molecule is Clc1cccc(COc2c(Br)cc(CNc3ccc(Cl)c(Cl)c3)cc2Br)c1. The Hall–Kier alpha value is -0.910. The van der Waals surface area contributed by atoms with Gasteiger partial charge in [0.15, 0.2) is 0 Å². The van der Waals surface area contributed by atoms with Gasteiger partial charge in [-0.1, -0.05) is 46.9 Å². The molecule has 0 unspecified atom stereocenters. The van der Waals surface area contributed by atoms with Gasteiger partial charge in [0.05, 0.1) is 19.0 Å². The molecule has 0 saturated carbocycles. The summed E-state index contributed by atoms with van der Waals surface area (Å²) < 4.78 is 7.68. The maximum absolute atomic E-state index is 6.05. The molecule has 0 fully saturated rings. The third-order valence-corrected chi connectivity index (χ3v) is 5.90. The molecular weight excluding hydrogens is 536 g/mol. The topological polar surface area (TPSA) is 21.3 Å². The van der Waals surface area contributed by atoms with Gasteiger partial charge in [-0.25, -0.2) is 0 Å². The number of rotatable bonds is 6. The largest absolute Gasteiger partial charge is 0.487 e. The van der Waals surface area contributed by atoms with E-state index in [9.17, 15) is 0 Å². The number of hydrogen-bond donors (Lipinski definition) is 1. The molecule has 0 aliphatic heterocycles. The molecule has 0 aliphatic carbocycles. The van der Waals surface area contributed by atoms with Crippen LogP contribution >= 0.6 is 66.7 Å². The predicted molar refractivity (Wildman–Crippen MR) is 121 cm³/mol. The van der Waals surface area contributed by atoms with E-state index < -0.39 is 0 Å². The Balaban J connectivity index is 1.67. The molecule has 7 heteroatoms. The lowest BCUT2D eigenvalue weighted by molar-refractivity contribution is 0.302. The number of hydrogen-bond acceptors (Lipinski definition) is 2. The van der Waals surface area contributed by atoms with Gasteiger partial charge in [0.1, 0.15) is 12.4 Å². The summed E-state index contributed by atoms with van der Waals surface area (Å²) in [6, 6.07) is 17.1. The summed E-state index contributed by atoms with van der Waals surface area (Å²) in [6.45, 7) is 1.06. The molecule has 3 aromatic carbocycles. The predicted octanol–water partition coefficient (Wildman–Crippen LogP) is 8.36. The second-order valence-electron chi connectivity index (χ2n) is 5.79. The molecule has 0 spiro atoms. The Bertz CT molecular complexity index is 943. The summed E-state index contributed by atoms with van der Waals surface area (Å²) in [5.74, 6) is 0.744. The highest BCUT2D eigenvalue weighted by molar-refractivity contribution is 9.11. The molecule has 0 heterocycles. The first-order valence-corrected chi connectivity index (χ1v) is 10.7. The Morgan fingerprint density at radius 3 is 2.22 bits per heavy atom. The highest BCUT2D eigenvalue weighted by atomic mass is 79.9. The summed E-state index contributed by atoms with van der Waals surface area (Å²) in [5, 5.41) is 5.08. The van der Waals surface area contributed by atoms with Gasteiger partial charge in [-0.05, 0) is 85.5 Å². The number of benzene rings is 3. The van der Waals surface area contributed by atoms with Gasteiger partial charge >= 0.3 is 0 Å². The quantitative estimate of drug-likeness (QED) is 0.333. The van der Waals surface area contributed by atoms with Gasteiger partial charge in [0, 0.05) is 17.3 Å². The van der Waals surface area contributed by atoms with Crippen LogP contribution < -0.4 is 10.1 Å². The average Bonchev–Trinajstić information content (AvgIpc) is 2.62. The van der Waals surface area contributed by atoms with E-state index in [-0.39, 0.29) is 0 Å². The van der Waals surface area contributed by atoms with Crippen LogP contribution in [0.25, 0.3) is 0 Å². The van der Waals surface area contributed by atoms with E-state index in [0.29, 0.717) is 28.2 Å². The van der Waals surface area contributed by atoms with Crippen molar-refractivity contribution in [2.24, 2.45) is 0 Å². The van der Waals surface area contributed by atoms with Crippen molar-refractivity contribution >= 4 is 72.4 Å². The molecule has 0 saturated heterocycles. The second kappa shape index (κ2) is 9.53. The smallest absolute Gasteiger partial charge is 0.148 e. The van der Waals surface area contributed by atoms with E-state index in [1.807, 2.05) is 42.5 Å². The molecule has 27 heavy (non-hydrogen) atoms. The Labute approximate surface area is 190 Å². The maximum atomic E-state index is 6.05. The highest BCUT2D eigenvalue weighted by Crippen LogP contribution is 2.36. The molecular formula is C20H14Br2Cl3NO. The van der Waals surface area contributed by atoms with Crippen LogP contribution in [0, 0.1) is 0 Å². The van der Waals surface area contributed by atoms with Gasteiger partial charge in [-0.2, -0.15) is 0 Å². The minimum Gasteiger partial charge on any atom is -0.487 e. The normalized spacial score (nSPS) is 10.7. The lowest BCUT2D eigenvalue weighted by Gasteiger charge is -2.14. The standard InChI is InChI=1S/C20H14Br2Cl3NO/c21-16-7-13(10-26-15-4-5-18(24)19(25)9-15)8-17(22)20(16)27-11-12-2-1-3-14(23)6-12/h1-9,26H,10-11H2. The van der Waals surface area contributed by atoms with Crippen molar-refractivity contribution < 1.29 is 4.74 Å². The zero-order chi connectivity index (χ0) is 19.4. The van der Waals surface area contributed by atoms with Crippen LogP contribution in [-0.2, 0) is 13.2 Å². The summed E-state index contributed by atoms with van der Waals surface area (Å²) in [4.78, 5) is 0. The molecule has 0 aromatic heterocycles. The fraction of sp³-hybridized carbons (Fsp3) is 0.100. The summed E-state index contributed by atoms with van der Waals surface area (Å²) in [6.07, 6.45) is 0. The second-order valence-corrected chi connectivity index (χ2v) is 8.75. The van der Waals surface area contributed by atoms with Crippen LogP contribution in [0.15, 0.2) is 63.5 Å². The van der Waals surface area contributed by atoms with Crippen molar-refractivity contribution in [1.29, 1.82) is 0 Å². The number of nitrogens with one attached hydrogen (secondary N) is 1. The Morgan fingerprint density at radius 1 is 0.815 bits per heavy atom. The van der Waals surface area contributed by atoms with Gasteiger partial charge in [0.25, 0.3) is 0 Å². The minimum atomic E-state index is 0.429. The van der Waals surface area contributed by atoms with Crippen molar-refractivity contribution in [1.82, 2.24) is 0 Å². The summed E-state index contributed by atoms with van der Waals surface area (Å²) in [7, 11) is 0. The molecule has 0 amide bonds. The Morgan fingerprint density at radius 2 is 1.56 bits per heavy atom. The van der Waals surface area contributed by atoms with Gasteiger partial charge in [-0.15, -0.1) is 0 Å². The van der Waals surface area contributed by atoms with Crippen molar-refractivity contribution in [3.8, 4) is 5.75 Å². The van der Waals surface area contributed by atoms with E-state index >= 15 is 0 Å². The molecule has 1 N–H and O–H groups in total. The first-order chi connectivity index (χ1) is 12.9. The lowest BCUT2D eigenvalue weighted by Crippen LogP contribution is -2.01. The zero-order valence-corrected chi connectivity index (χ0v) is 19.3. The van der Waals surface area contributed by atoms with Gasteiger partial charge in [0.2, 0.25) is 0 Å². The molecule has 0 aliphatic rings. The van der Waals surface area contributed by atoms with Crippen LogP contribution in [0.2, 0.25) is 15.1 Å². The minimum absolute atomic E-state index is 0.429. The van der Waals surface area contributed by atoms with E-state index in [0.717, 1.165) is 31.5 Å². The summed E-state index contributed by atoms with van der Waals surface area (Å²) in [5.41, 5.74) is 2.99. The average molecular weight is 551 g/mol. The molecule has 0 radical (unpaired) electrons. The fourth-order valence-electron chi connectivity index (χ4n) is 2.44. The van der Waals surface area contributed by atoms with Crippen molar-refractivity contribution in [2.45, 2.75) is 13.2 Å². The third-order valence-electron chi connectivity index (χ3n) is 3.75. The number of ether oxygens (including phenoxy) is 1. The highest BCUT2D eigenvalue weighted by Gasteiger charge is 2.10. The maximum Gasteiger partial charge on any atom is 0.148 e. The van der Waals surface area contributed by atoms with Crippen LogP contribution in [0.1, 0.15) is 11.1 Å². The molecule has 0 atom stereocenters. The van der Waals surface area contributed by atoms with Gasteiger partial charge < -0.3 is 10.1 Å². The van der Waals surface area contributed by atoms with Crippen LogP contribution in [0.3, 0.4) is 0 Å². The molecule has 3 rings (SSSR count). The third kappa shape index (κ3) is 5.78. The van der Waals surface area contributed by atoms with E-state index in [1.165, 1.54) is 0 Å². The lowest BCUT2D eigenvalue weighted by atomic mass is 10.2. The monoisotopic (exact) mass is 547 g/mol.